The van der Waals surface area contributed by atoms with Gasteiger partial charge in [0, 0.05) is 11.3 Å². The van der Waals surface area contributed by atoms with E-state index in [4.69, 9.17) is 0 Å². The molecule has 3 aromatic rings. The summed E-state index contributed by atoms with van der Waals surface area (Å²) >= 11 is 1.21. The molecule has 5 nitrogen and oxygen atoms in total. The molecule has 6 heteroatoms. The lowest BCUT2D eigenvalue weighted by atomic mass is 10.1. The zero-order chi connectivity index (χ0) is 17.3. The molecule has 0 aliphatic rings. The van der Waals surface area contributed by atoms with Gasteiger partial charge in [0.15, 0.2) is 16.6 Å². The average molecular weight is 339 g/mol. The number of ketones is 1. The molecule has 0 aliphatic carbocycles. The minimum Gasteiger partial charge on any atom is -0.301 e. The first-order valence-corrected chi connectivity index (χ1v) is 8.53. The molecule has 122 valence electrons. The molecule has 2 heterocycles. The van der Waals surface area contributed by atoms with Crippen LogP contribution in [0.15, 0.2) is 40.3 Å². The van der Waals surface area contributed by atoms with Crippen LogP contribution >= 0.6 is 11.8 Å². The van der Waals surface area contributed by atoms with Crippen molar-refractivity contribution in [3.8, 4) is 0 Å². The normalized spacial score (nSPS) is 11.0. The molecule has 0 unspecified atom stereocenters. The zero-order valence-electron chi connectivity index (χ0n) is 13.7. The summed E-state index contributed by atoms with van der Waals surface area (Å²) in [7, 11) is 0. The van der Waals surface area contributed by atoms with Crippen molar-refractivity contribution in [2.45, 2.75) is 25.9 Å². The number of nitrogens with zero attached hydrogens (tertiary/aromatic N) is 2. The van der Waals surface area contributed by atoms with Crippen molar-refractivity contribution in [2.24, 2.45) is 0 Å². The lowest BCUT2D eigenvalue weighted by Crippen LogP contribution is -2.13. The highest BCUT2D eigenvalue weighted by Gasteiger charge is 2.11. The summed E-state index contributed by atoms with van der Waals surface area (Å²) in [5, 5.41) is 0.903. The predicted molar refractivity (Wildman–Crippen MR) is 95.9 cm³/mol. The summed E-state index contributed by atoms with van der Waals surface area (Å²) in [6, 6.07) is 9.28. The number of thioether (sulfide) groups is 1. The van der Waals surface area contributed by atoms with Crippen molar-refractivity contribution >= 4 is 28.6 Å². The Balaban J connectivity index is 1.84. The van der Waals surface area contributed by atoms with Crippen LogP contribution in [0.2, 0.25) is 0 Å². The minimum absolute atomic E-state index is 0.00359. The maximum atomic E-state index is 12.2. The highest BCUT2D eigenvalue weighted by atomic mass is 32.2. The van der Waals surface area contributed by atoms with Crippen LogP contribution in [0.25, 0.3) is 11.0 Å². The smallest absolute Gasteiger partial charge is 0.261 e. The molecule has 0 saturated carbocycles. The van der Waals surface area contributed by atoms with Gasteiger partial charge in [0.1, 0.15) is 0 Å². The fourth-order valence-electron chi connectivity index (χ4n) is 2.49. The third-order valence-corrected chi connectivity index (χ3v) is 4.57. The third-order valence-electron chi connectivity index (χ3n) is 3.69. The van der Waals surface area contributed by atoms with Crippen LogP contribution in [0.3, 0.4) is 0 Å². The number of hydrogen-bond acceptors (Lipinski definition) is 5. The van der Waals surface area contributed by atoms with E-state index in [9.17, 15) is 9.59 Å². The molecule has 0 amide bonds. The first-order chi connectivity index (χ1) is 11.4. The summed E-state index contributed by atoms with van der Waals surface area (Å²) in [5.74, 6) is 0.207. The number of aryl methyl sites for hydroxylation is 3. The highest BCUT2D eigenvalue weighted by molar-refractivity contribution is 7.99. The maximum Gasteiger partial charge on any atom is 0.261 e. The number of rotatable bonds is 4. The van der Waals surface area contributed by atoms with E-state index in [1.54, 1.807) is 0 Å². The average Bonchev–Trinajstić information content (AvgIpc) is 2.52. The van der Waals surface area contributed by atoms with Gasteiger partial charge in [0.25, 0.3) is 5.56 Å². The van der Waals surface area contributed by atoms with Crippen LogP contribution < -0.4 is 5.56 Å². The molecule has 0 bridgehead atoms. The number of aromatic amines is 1. The molecule has 0 fully saturated rings. The summed E-state index contributed by atoms with van der Waals surface area (Å²) in [6.07, 6.45) is 0. The Morgan fingerprint density at radius 1 is 1.12 bits per heavy atom. The van der Waals surface area contributed by atoms with Gasteiger partial charge in [-0.3, -0.25) is 9.59 Å². The second-order valence-electron chi connectivity index (χ2n) is 5.73. The van der Waals surface area contributed by atoms with Crippen molar-refractivity contribution in [3.63, 3.8) is 0 Å². The fraction of sp³-hybridized carbons (Fsp3) is 0.222. The second kappa shape index (κ2) is 6.57. The monoisotopic (exact) mass is 339 g/mol. The van der Waals surface area contributed by atoms with Gasteiger partial charge in [0.05, 0.1) is 11.1 Å². The molecule has 2 aromatic heterocycles. The van der Waals surface area contributed by atoms with Gasteiger partial charge < -0.3 is 4.98 Å². The first kappa shape index (κ1) is 16.4. The second-order valence-corrected chi connectivity index (χ2v) is 6.69. The lowest BCUT2D eigenvalue weighted by molar-refractivity contribution is 0.102. The molecular formula is C18H17N3O2S. The van der Waals surface area contributed by atoms with Crippen molar-refractivity contribution in [1.29, 1.82) is 0 Å². The number of benzene rings is 1. The molecular weight excluding hydrogens is 322 g/mol. The largest absolute Gasteiger partial charge is 0.301 e. The molecule has 1 aromatic carbocycles. The van der Waals surface area contributed by atoms with E-state index in [1.165, 1.54) is 11.8 Å². The van der Waals surface area contributed by atoms with Gasteiger partial charge >= 0.3 is 0 Å². The van der Waals surface area contributed by atoms with E-state index in [2.05, 4.69) is 15.0 Å². The topological polar surface area (TPSA) is 75.7 Å². The van der Waals surface area contributed by atoms with E-state index < -0.39 is 0 Å². The Kier molecular flexibility index (Phi) is 4.49. The molecule has 0 spiro atoms. The molecule has 0 atom stereocenters. The Hall–Kier alpha value is -2.47. The number of nitrogens with one attached hydrogen (secondary N) is 1. The number of carbonyl (C=O) groups is 1. The molecule has 0 radical (unpaired) electrons. The van der Waals surface area contributed by atoms with Crippen molar-refractivity contribution in [3.05, 3.63) is 63.1 Å². The molecule has 24 heavy (non-hydrogen) atoms. The van der Waals surface area contributed by atoms with Crippen LogP contribution in [0.4, 0.5) is 0 Å². The Morgan fingerprint density at radius 3 is 2.54 bits per heavy atom. The number of fused-ring (bicyclic) bond motifs is 1. The number of Topliss-reactive ketones (excluding diaryl/α,β-unsaturated/α-hetero) is 1. The summed E-state index contributed by atoms with van der Waals surface area (Å²) < 4.78 is 0. The fourth-order valence-corrected chi connectivity index (χ4v) is 3.24. The van der Waals surface area contributed by atoms with Crippen LogP contribution in [0.5, 0.6) is 0 Å². The van der Waals surface area contributed by atoms with Crippen LogP contribution in [0.1, 0.15) is 27.2 Å². The minimum atomic E-state index is -0.227. The maximum absolute atomic E-state index is 12.2. The molecule has 1 N–H and O–H groups in total. The van der Waals surface area contributed by atoms with Crippen molar-refractivity contribution < 1.29 is 4.79 Å². The highest BCUT2D eigenvalue weighted by Crippen LogP contribution is 2.18. The van der Waals surface area contributed by atoms with Crippen LogP contribution in [-0.2, 0) is 0 Å². The number of pyridine rings is 1. The van der Waals surface area contributed by atoms with E-state index in [-0.39, 0.29) is 17.1 Å². The van der Waals surface area contributed by atoms with Gasteiger partial charge in [0.2, 0.25) is 0 Å². The van der Waals surface area contributed by atoms with Crippen molar-refractivity contribution in [2.75, 3.05) is 5.75 Å². The van der Waals surface area contributed by atoms with E-state index >= 15 is 0 Å². The Labute approximate surface area is 143 Å². The van der Waals surface area contributed by atoms with Gasteiger partial charge in [-0.05, 0) is 32.4 Å². The zero-order valence-corrected chi connectivity index (χ0v) is 14.5. The van der Waals surface area contributed by atoms with Crippen LogP contribution in [0, 0.1) is 20.8 Å². The SMILES string of the molecule is Cc1ccc(C(=O)CSc2nc3nc(C)cc(C)c3c(=O)[nH]2)cc1. The number of hydrogen-bond donors (Lipinski definition) is 1. The number of aromatic nitrogens is 3. The quantitative estimate of drug-likeness (QED) is 0.449. The summed E-state index contributed by atoms with van der Waals surface area (Å²) in [6.45, 7) is 5.70. The third kappa shape index (κ3) is 3.38. The predicted octanol–water partition coefficient (Wildman–Crippen LogP) is 3.22. The summed E-state index contributed by atoms with van der Waals surface area (Å²) in [4.78, 5) is 35.9. The van der Waals surface area contributed by atoms with Gasteiger partial charge in [-0.25, -0.2) is 9.97 Å². The molecule has 3 rings (SSSR count). The van der Waals surface area contributed by atoms with Gasteiger partial charge in [-0.1, -0.05) is 41.6 Å². The van der Waals surface area contributed by atoms with Gasteiger partial charge in [-0.2, -0.15) is 0 Å². The van der Waals surface area contributed by atoms with Crippen molar-refractivity contribution in [1.82, 2.24) is 15.0 Å². The number of H-pyrrole nitrogens is 1. The Bertz CT molecular complexity index is 978. The first-order valence-electron chi connectivity index (χ1n) is 7.55. The lowest BCUT2D eigenvalue weighted by Gasteiger charge is -2.05. The van der Waals surface area contributed by atoms with Gasteiger partial charge in [-0.15, -0.1) is 0 Å². The molecule has 0 saturated heterocycles. The summed E-state index contributed by atoms with van der Waals surface area (Å²) in [5.41, 5.74) is 3.61. The standard InChI is InChI=1S/C18H17N3O2S/c1-10-4-6-13(7-5-10)14(22)9-24-18-20-16-15(17(23)21-18)11(2)8-12(3)19-16/h4-8H,9H2,1-3H3,(H,19,20,21,23). The van der Waals surface area contributed by atoms with E-state index in [0.29, 0.717) is 21.8 Å². The van der Waals surface area contributed by atoms with Crippen LogP contribution in [-0.4, -0.2) is 26.5 Å². The number of carbonyl (C=O) groups excluding carboxylic acids is 1. The molecule has 0 aliphatic heterocycles. The van der Waals surface area contributed by atoms with E-state index in [0.717, 1.165) is 16.8 Å². The van der Waals surface area contributed by atoms with E-state index in [1.807, 2.05) is 51.1 Å². The Morgan fingerprint density at radius 2 is 1.83 bits per heavy atom.